The smallest absolute Gasteiger partial charge is 0.123 e. The molecule has 0 heterocycles. The minimum Gasteiger partial charge on any atom is -0.497 e. The number of halogens is 1. The molecule has 19 heavy (non-hydrogen) atoms. The number of nitrogens with zero attached hydrogens (tertiary/aromatic N) is 1. The fourth-order valence-electron chi connectivity index (χ4n) is 1.63. The summed E-state index contributed by atoms with van der Waals surface area (Å²) in [4.78, 5) is 4.28. The molecule has 0 aliphatic carbocycles. The third-order valence-corrected chi connectivity index (χ3v) is 2.60. The molecule has 0 saturated carbocycles. The second kappa shape index (κ2) is 6.11. The van der Waals surface area contributed by atoms with E-state index in [0.717, 1.165) is 11.1 Å². The quantitative estimate of drug-likeness (QED) is 0.857. The Morgan fingerprint density at radius 2 is 1.95 bits per heavy atom. The Kier molecular flexibility index (Phi) is 4.26. The van der Waals surface area contributed by atoms with Gasteiger partial charge in [-0.05, 0) is 35.4 Å². The van der Waals surface area contributed by atoms with Crippen LogP contribution in [-0.4, -0.2) is 18.4 Å². The molecular formula is C15H14FNO2. The van der Waals surface area contributed by atoms with Gasteiger partial charge in [0.25, 0.3) is 0 Å². The number of benzene rings is 2. The van der Waals surface area contributed by atoms with Gasteiger partial charge >= 0.3 is 0 Å². The molecule has 2 aromatic carbocycles. The SMILES string of the molecule is COc1cc(CO)cc(/N=C/c2ccc(F)cc2)c1. The minimum atomic E-state index is -0.277. The molecule has 0 atom stereocenters. The zero-order chi connectivity index (χ0) is 13.7. The summed E-state index contributed by atoms with van der Waals surface area (Å²) in [6.07, 6.45) is 1.63. The third kappa shape index (κ3) is 3.63. The van der Waals surface area contributed by atoms with Crippen molar-refractivity contribution in [2.45, 2.75) is 6.61 Å². The maximum Gasteiger partial charge on any atom is 0.123 e. The first-order valence-corrected chi connectivity index (χ1v) is 5.80. The lowest BCUT2D eigenvalue weighted by atomic mass is 10.2. The lowest BCUT2D eigenvalue weighted by Gasteiger charge is -2.04. The number of rotatable bonds is 4. The summed E-state index contributed by atoms with van der Waals surface area (Å²) in [6.45, 7) is -0.0731. The maximum absolute atomic E-state index is 12.8. The van der Waals surface area contributed by atoms with Crippen molar-refractivity contribution in [2.24, 2.45) is 4.99 Å². The summed E-state index contributed by atoms with van der Waals surface area (Å²) in [5.41, 5.74) is 2.20. The number of hydrogen-bond acceptors (Lipinski definition) is 3. The molecule has 0 unspecified atom stereocenters. The first kappa shape index (κ1) is 13.2. The predicted molar refractivity (Wildman–Crippen MR) is 72.6 cm³/mol. The van der Waals surface area contributed by atoms with E-state index in [4.69, 9.17) is 9.84 Å². The minimum absolute atomic E-state index is 0.0731. The van der Waals surface area contributed by atoms with Crippen LogP contribution >= 0.6 is 0 Å². The first-order chi connectivity index (χ1) is 9.21. The van der Waals surface area contributed by atoms with Crippen molar-refractivity contribution in [2.75, 3.05) is 7.11 Å². The molecule has 1 N–H and O–H groups in total. The average molecular weight is 259 g/mol. The van der Waals surface area contributed by atoms with Crippen LogP contribution in [0.1, 0.15) is 11.1 Å². The van der Waals surface area contributed by atoms with E-state index in [0.29, 0.717) is 11.4 Å². The zero-order valence-corrected chi connectivity index (χ0v) is 10.5. The molecule has 0 amide bonds. The standard InChI is InChI=1S/C15H14FNO2/c1-19-15-7-12(10-18)6-14(8-15)17-9-11-2-4-13(16)5-3-11/h2-9,18H,10H2,1H3/b17-9+. The van der Waals surface area contributed by atoms with Gasteiger partial charge in [-0.25, -0.2) is 4.39 Å². The molecule has 0 bridgehead atoms. The molecule has 0 aliphatic heterocycles. The Morgan fingerprint density at radius 1 is 1.21 bits per heavy atom. The van der Waals surface area contributed by atoms with Crippen LogP contribution < -0.4 is 4.74 Å². The van der Waals surface area contributed by atoms with E-state index >= 15 is 0 Å². The van der Waals surface area contributed by atoms with E-state index < -0.39 is 0 Å². The Hall–Kier alpha value is -2.20. The number of methoxy groups -OCH3 is 1. The number of aliphatic imine (C=N–C) groups is 1. The molecule has 0 spiro atoms. The van der Waals surface area contributed by atoms with E-state index in [1.54, 1.807) is 43.7 Å². The Balaban J connectivity index is 2.24. The molecule has 0 aromatic heterocycles. The molecule has 2 aromatic rings. The maximum atomic E-state index is 12.8. The third-order valence-electron chi connectivity index (χ3n) is 2.60. The van der Waals surface area contributed by atoms with Gasteiger partial charge in [0, 0.05) is 12.3 Å². The van der Waals surface area contributed by atoms with Gasteiger partial charge < -0.3 is 9.84 Å². The van der Waals surface area contributed by atoms with E-state index in [-0.39, 0.29) is 12.4 Å². The van der Waals surface area contributed by atoms with Crippen LogP contribution in [0.15, 0.2) is 47.5 Å². The van der Waals surface area contributed by atoms with Gasteiger partial charge in [-0.2, -0.15) is 0 Å². The van der Waals surface area contributed by atoms with Crippen LogP contribution in [0, 0.1) is 5.82 Å². The lowest BCUT2D eigenvalue weighted by Crippen LogP contribution is -1.88. The largest absolute Gasteiger partial charge is 0.497 e. The number of aliphatic hydroxyl groups excluding tert-OH is 1. The predicted octanol–water partition coefficient (Wildman–Crippen LogP) is 3.08. The molecule has 98 valence electrons. The van der Waals surface area contributed by atoms with Gasteiger partial charge in [-0.15, -0.1) is 0 Å². The average Bonchev–Trinajstić information content (AvgIpc) is 2.46. The molecule has 0 fully saturated rings. The topological polar surface area (TPSA) is 41.8 Å². The van der Waals surface area contributed by atoms with Crippen molar-refractivity contribution in [3.63, 3.8) is 0 Å². The van der Waals surface area contributed by atoms with Gasteiger partial charge in [-0.3, -0.25) is 4.99 Å². The monoisotopic (exact) mass is 259 g/mol. The van der Waals surface area contributed by atoms with Crippen molar-refractivity contribution in [3.8, 4) is 5.75 Å². The van der Waals surface area contributed by atoms with Crippen molar-refractivity contribution in [1.82, 2.24) is 0 Å². The van der Waals surface area contributed by atoms with E-state index in [1.807, 2.05) is 0 Å². The van der Waals surface area contributed by atoms with Gasteiger partial charge in [0.15, 0.2) is 0 Å². The molecule has 2 rings (SSSR count). The number of hydrogen-bond donors (Lipinski definition) is 1. The Morgan fingerprint density at radius 3 is 2.58 bits per heavy atom. The highest BCUT2D eigenvalue weighted by Gasteiger charge is 1.99. The van der Waals surface area contributed by atoms with E-state index in [1.165, 1.54) is 12.1 Å². The Bertz CT molecular complexity index is 557. The number of ether oxygens (including phenoxy) is 1. The van der Waals surface area contributed by atoms with E-state index in [2.05, 4.69) is 4.99 Å². The van der Waals surface area contributed by atoms with Crippen molar-refractivity contribution in [1.29, 1.82) is 0 Å². The second-order valence-corrected chi connectivity index (χ2v) is 4.01. The molecule has 0 radical (unpaired) electrons. The highest BCUT2D eigenvalue weighted by Crippen LogP contribution is 2.23. The van der Waals surface area contributed by atoms with Crippen LogP contribution in [0.3, 0.4) is 0 Å². The van der Waals surface area contributed by atoms with Crippen LogP contribution in [0.25, 0.3) is 0 Å². The van der Waals surface area contributed by atoms with Crippen LogP contribution in [0.5, 0.6) is 5.75 Å². The number of aliphatic hydroxyl groups is 1. The summed E-state index contributed by atoms with van der Waals surface area (Å²) >= 11 is 0. The molecule has 0 saturated heterocycles. The lowest BCUT2D eigenvalue weighted by molar-refractivity contribution is 0.281. The normalized spacial score (nSPS) is 10.9. The van der Waals surface area contributed by atoms with Crippen LogP contribution in [0.2, 0.25) is 0 Å². The van der Waals surface area contributed by atoms with Crippen molar-refractivity contribution in [3.05, 3.63) is 59.4 Å². The van der Waals surface area contributed by atoms with Gasteiger partial charge in [-0.1, -0.05) is 12.1 Å². The highest BCUT2D eigenvalue weighted by molar-refractivity contribution is 5.82. The molecular weight excluding hydrogens is 245 g/mol. The van der Waals surface area contributed by atoms with Crippen molar-refractivity contribution >= 4 is 11.9 Å². The van der Waals surface area contributed by atoms with Gasteiger partial charge in [0.2, 0.25) is 0 Å². The molecule has 0 aliphatic rings. The van der Waals surface area contributed by atoms with Crippen LogP contribution in [0.4, 0.5) is 10.1 Å². The van der Waals surface area contributed by atoms with E-state index in [9.17, 15) is 4.39 Å². The summed E-state index contributed by atoms with van der Waals surface area (Å²) in [5.74, 6) is 0.360. The Labute approximate surface area is 111 Å². The van der Waals surface area contributed by atoms with Gasteiger partial charge in [0.05, 0.1) is 19.4 Å². The van der Waals surface area contributed by atoms with Crippen molar-refractivity contribution < 1.29 is 14.2 Å². The summed E-state index contributed by atoms with van der Waals surface area (Å²) in [7, 11) is 1.56. The highest BCUT2D eigenvalue weighted by atomic mass is 19.1. The fourth-order valence-corrected chi connectivity index (χ4v) is 1.63. The second-order valence-electron chi connectivity index (χ2n) is 4.01. The zero-order valence-electron chi connectivity index (χ0n) is 10.5. The summed E-state index contributed by atoms with van der Waals surface area (Å²) in [6, 6.07) is 11.3. The molecule has 3 nitrogen and oxygen atoms in total. The summed E-state index contributed by atoms with van der Waals surface area (Å²) in [5, 5.41) is 9.15. The summed E-state index contributed by atoms with van der Waals surface area (Å²) < 4.78 is 17.9. The van der Waals surface area contributed by atoms with Crippen LogP contribution in [-0.2, 0) is 6.61 Å². The first-order valence-electron chi connectivity index (χ1n) is 5.80. The fraction of sp³-hybridized carbons (Fsp3) is 0.133. The molecule has 4 heteroatoms. The van der Waals surface area contributed by atoms with Gasteiger partial charge in [0.1, 0.15) is 11.6 Å².